The second-order valence-electron chi connectivity index (χ2n) is 4.33. The number of thiazole rings is 1. The van der Waals surface area contributed by atoms with Crippen molar-refractivity contribution >= 4 is 22.4 Å². The number of benzene rings is 1. The van der Waals surface area contributed by atoms with Gasteiger partial charge in [-0.25, -0.2) is 4.98 Å². The molecule has 0 saturated carbocycles. The molecule has 3 aromatic rings. The quantitative estimate of drug-likeness (QED) is 0.705. The van der Waals surface area contributed by atoms with Gasteiger partial charge in [-0.2, -0.15) is 9.61 Å². The number of rotatable bonds is 4. The number of fused-ring (bicyclic) bond motifs is 1. The summed E-state index contributed by atoms with van der Waals surface area (Å²) in [6.07, 6.45) is 3.10. The molecule has 0 aliphatic heterocycles. The lowest BCUT2D eigenvalue weighted by Crippen LogP contribution is -2.23. The van der Waals surface area contributed by atoms with Gasteiger partial charge < -0.3 is 14.2 Å². The lowest BCUT2D eigenvalue weighted by Gasteiger charge is -2.12. The first-order valence-corrected chi connectivity index (χ1v) is 7.14. The van der Waals surface area contributed by atoms with Gasteiger partial charge in [-0.15, -0.1) is 0 Å². The number of methoxy groups -OCH3 is 3. The zero-order chi connectivity index (χ0) is 15.7. The average Bonchev–Trinajstić information content (AvgIpc) is 3.10. The van der Waals surface area contributed by atoms with Gasteiger partial charge in [-0.1, -0.05) is 11.3 Å². The number of nitrogens with zero attached hydrogens (tertiary/aromatic N) is 3. The molecule has 0 unspecified atom stereocenters. The normalized spacial score (nSPS) is 11.9. The zero-order valence-electron chi connectivity index (χ0n) is 12.2. The Morgan fingerprint density at radius 3 is 2.36 bits per heavy atom. The van der Waals surface area contributed by atoms with Crippen LogP contribution in [0.2, 0.25) is 0 Å². The summed E-state index contributed by atoms with van der Waals surface area (Å²) in [6, 6.07) is 3.55. The van der Waals surface area contributed by atoms with Gasteiger partial charge in [0.25, 0.3) is 5.56 Å². The molecule has 0 atom stereocenters. The third kappa shape index (κ3) is 2.27. The van der Waals surface area contributed by atoms with Crippen LogP contribution in [0.15, 0.2) is 23.3 Å². The Bertz CT molecular complexity index is 906. The molecule has 114 valence electrons. The molecule has 0 radical (unpaired) electrons. The second kappa shape index (κ2) is 5.64. The highest BCUT2D eigenvalue weighted by Crippen LogP contribution is 2.38. The van der Waals surface area contributed by atoms with Gasteiger partial charge in [0.15, 0.2) is 11.5 Å². The van der Waals surface area contributed by atoms with E-state index in [0.717, 1.165) is 5.56 Å². The Morgan fingerprint density at radius 2 is 1.82 bits per heavy atom. The highest BCUT2D eigenvalue weighted by atomic mass is 32.1. The van der Waals surface area contributed by atoms with Crippen LogP contribution < -0.4 is 24.3 Å². The first kappa shape index (κ1) is 14.3. The minimum Gasteiger partial charge on any atom is -0.493 e. The molecule has 0 aliphatic rings. The third-order valence-corrected chi connectivity index (χ3v) is 4.08. The Morgan fingerprint density at radius 1 is 1.14 bits per heavy atom. The van der Waals surface area contributed by atoms with Gasteiger partial charge in [0.05, 0.1) is 25.9 Å². The summed E-state index contributed by atoms with van der Waals surface area (Å²) in [5, 5.41) is 3.89. The summed E-state index contributed by atoms with van der Waals surface area (Å²) in [7, 11) is 4.63. The standard InChI is InChI=1S/C14H13N3O4S/c1-19-9-4-8(5-10(20-2)12(9)21-3)6-11-13(18)17-14(22-11)15-7-16-17/h4-7H,1-3H3. The topological polar surface area (TPSA) is 75.0 Å². The van der Waals surface area contributed by atoms with E-state index < -0.39 is 0 Å². The molecule has 0 amide bonds. The molecule has 2 aromatic heterocycles. The fourth-order valence-corrected chi connectivity index (χ4v) is 3.00. The van der Waals surface area contributed by atoms with Crippen molar-refractivity contribution in [3.05, 3.63) is 38.9 Å². The molecule has 8 heteroatoms. The number of aromatic nitrogens is 3. The average molecular weight is 319 g/mol. The van der Waals surface area contributed by atoms with Crippen molar-refractivity contribution in [3.8, 4) is 17.2 Å². The summed E-state index contributed by atoms with van der Waals surface area (Å²) in [4.78, 5) is 16.8. The lowest BCUT2D eigenvalue weighted by atomic mass is 10.1. The van der Waals surface area contributed by atoms with Gasteiger partial charge in [0.2, 0.25) is 10.7 Å². The van der Waals surface area contributed by atoms with Crippen molar-refractivity contribution in [3.63, 3.8) is 0 Å². The molecule has 0 N–H and O–H groups in total. The van der Waals surface area contributed by atoms with Crippen LogP contribution in [0.1, 0.15) is 5.56 Å². The van der Waals surface area contributed by atoms with Gasteiger partial charge in [0.1, 0.15) is 6.33 Å². The minimum atomic E-state index is -0.203. The molecule has 0 fully saturated rings. The molecule has 0 aliphatic carbocycles. The maximum absolute atomic E-state index is 12.2. The van der Waals surface area contributed by atoms with Crippen molar-refractivity contribution < 1.29 is 14.2 Å². The van der Waals surface area contributed by atoms with Crippen LogP contribution in [-0.4, -0.2) is 35.9 Å². The smallest absolute Gasteiger partial charge is 0.291 e. The monoisotopic (exact) mass is 319 g/mol. The molecule has 3 rings (SSSR count). The van der Waals surface area contributed by atoms with E-state index in [1.165, 1.54) is 22.2 Å². The van der Waals surface area contributed by atoms with Gasteiger partial charge in [-0.3, -0.25) is 4.79 Å². The highest BCUT2D eigenvalue weighted by molar-refractivity contribution is 7.15. The number of hydrogen-bond donors (Lipinski definition) is 0. The molecule has 2 heterocycles. The summed E-state index contributed by atoms with van der Waals surface area (Å²) in [5.41, 5.74) is 0.558. The maximum atomic E-state index is 12.2. The van der Waals surface area contributed by atoms with E-state index in [0.29, 0.717) is 26.7 Å². The minimum absolute atomic E-state index is 0.203. The van der Waals surface area contributed by atoms with E-state index in [4.69, 9.17) is 14.2 Å². The van der Waals surface area contributed by atoms with E-state index in [2.05, 4.69) is 10.1 Å². The zero-order valence-corrected chi connectivity index (χ0v) is 13.0. The van der Waals surface area contributed by atoms with Crippen LogP contribution in [-0.2, 0) is 0 Å². The number of hydrogen-bond acceptors (Lipinski definition) is 7. The van der Waals surface area contributed by atoms with Crippen molar-refractivity contribution in [2.45, 2.75) is 0 Å². The predicted molar refractivity (Wildman–Crippen MR) is 82.0 cm³/mol. The molecule has 0 spiro atoms. The Kier molecular flexibility index (Phi) is 3.68. The van der Waals surface area contributed by atoms with Crippen LogP contribution in [0.5, 0.6) is 17.2 Å². The Balaban J connectivity index is 2.19. The van der Waals surface area contributed by atoms with E-state index in [-0.39, 0.29) is 5.56 Å². The molecular weight excluding hydrogens is 306 g/mol. The van der Waals surface area contributed by atoms with Gasteiger partial charge in [-0.05, 0) is 23.8 Å². The third-order valence-electron chi connectivity index (χ3n) is 3.11. The molecule has 0 saturated heterocycles. The summed E-state index contributed by atoms with van der Waals surface area (Å²) in [5.74, 6) is 1.56. The van der Waals surface area contributed by atoms with Crippen molar-refractivity contribution in [1.29, 1.82) is 0 Å². The van der Waals surface area contributed by atoms with Crippen molar-refractivity contribution in [2.24, 2.45) is 0 Å². The fraction of sp³-hybridized carbons (Fsp3) is 0.214. The summed E-state index contributed by atoms with van der Waals surface area (Å²) in [6.45, 7) is 0. The molecule has 22 heavy (non-hydrogen) atoms. The molecule has 1 aromatic carbocycles. The number of ether oxygens (including phenoxy) is 3. The van der Waals surface area contributed by atoms with Crippen LogP contribution in [0.25, 0.3) is 11.0 Å². The SMILES string of the molecule is COc1cc(C=c2sc3ncnn3c2=O)cc(OC)c1OC. The lowest BCUT2D eigenvalue weighted by molar-refractivity contribution is 0.324. The maximum Gasteiger partial charge on any atom is 0.291 e. The predicted octanol–water partition coefficient (Wildman–Crippen LogP) is 0.724. The van der Waals surface area contributed by atoms with Gasteiger partial charge >= 0.3 is 0 Å². The van der Waals surface area contributed by atoms with Crippen LogP contribution in [0.3, 0.4) is 0 Å². The highest BCUT2D eigenvalue weighted by Gasteiger charge is 2.13. The molecular formula is C14H13N3O4S. The van der Waals surface area contributed by atoms with E-state index in [1.54, 1.807) is 39.5 Å². The molecule has 0 bridgehead atoms. The van der Waals surface area contributed by atoms with E-state index >= 15 is 0 Å². The van der Waals surface area contributed by atoms with E-state index in [9.17, 15) is 4.79 Å². The van der Waals surface area contributed by atoms with Crippen molar-refractivity contribution in [2.75, 3.05) is 21.3 Å². The Labute approximate surface area is 129 Å². The van der Waals surface area contributed by atoms with Crippen LogP contribution in [0, 0.1) is 0 Å². The van der Waals surface area contributed by atoms with Crippen LogP contribution in [0.4, 0.5) is 0 Å². The fourth-order valence-electron chi connectivity index (χ4n) is 2.11. The summed E-state index contributed by atoms with van der Waals surface area (Å²) >= 11 is 1.27. The van der Waals surface area contributed by atoms with E-state index in [1.807, 2.05) is 0 Å². The first-order valence-electron chi connectivity index (χ1n) is 6.32. The largest absolute Gasteiger partial charge is 0.493 e. The Hall–Kier alpha value is -2.61. The second-order valence-corrected chi connectivity index (χ2v) is 5.34. The van der Waals surface area contributed by atoms with Crippen LogP contribution >= 0.6 is 11.3 Å². The summed E-state index contributed by atoms with van der Waals surface area (Å²) < 4.78 is 17.7. The van der Waals surface area contributed by atoms with Gasteiger partial charge in [0, 0.05) is 0 Å². The first-order chi connectivity index (χ1) is 10.7. The van der Waals surface area contributed by atoms with Crippen molar-refractivity contribution in [1.82, 2.24) is 14.6 Å². The molecule has 7 nitrogen and oxygen atoms in total.